The first-order valence-corrected chi connectivity index (χ1v) is 11.6. The van der Waals surface area contributed by atoms with E-state index in [-0.39, 0.29) is 22.9 Å². The van der Waals surface area contributed by atoms with Crippen molar-refractivity contribution in [1.82, 2.24) is 25.2 Å². The largest absolute Gasteiger partial charge is 0.350 e. The molecule has 1 N–H and O–H groups in total. The molecule has 8 nitrogen and oxygen atoms in total. The van der Waals surface area contributed by atoms with Gasteiger partial charge in [0.2, 0.25) is 0 Å². The second kappa shape index (κ2) is 9.84. The Morgan fingerprint density at radius 3 is 2.49 bits per heavy atom. The predicted octanol–water partition coefficient (Wildman–Crippen LogP) is 4.85. The molecule has 180 valence electrons. The molecule has 0 aliphatic rings. The summed E-state index contributed by atoms with van der Waals surface area (Å²) in [6, 6.07) is 14.4. The summed E-state index contributed by atoms with van der Waals surface area (Å²) in [7, 11) is 0. The molecule has 9 heteroatoms. The number of nitrogens with one attached hydrogen (secondary N) is 1. The molecule has 0 atom stereocenters. The van der Waals surface area contributed by atoms with Crippen LogP contribution >= 0.6 is 11.6 Å². The van der Waals surface area contributed by atoms with Gasteiger partial charge in [-0.1, -0.05) is 41.0 Å². The molecular weight excluding hydrogens is 466 g/mol. The van der Waals surface area contributed by atoms with Crippen LogP contribution in [0.5, 0.6) is 0 Å². The molecular formula is C26H26ClN5O3. The van der Waals surface area contributed by atoms with Crippen LogP contribution in [0.3, 0.4) is 0 Å². The molecule has 0 bridgehead atoms. The van der Waals surface area contributed by atoms with Gasteiger partial charge < -0.3 is 9.84 Å². The highest BCUT2D eigenvalue weighted by molar-refractivity contribution is 6.31. The Bertz CT molecular complexity index is 1370. The van der Waals surface area contributed by atoms with Gasteiger partial charge in [0.05, 0.1) is 17.3 Å². The number of benzene rings is 2. The standard InChI is InChI=1S/C26H26ClN5O3/c1-16-30-25(35-31-16)18-10-8-17(9-11-18)12-13-28-24(34)22-21(15-29-32(22)26(2,3)4)23(33)19-6-5-7-20(27)14-19/h5-11,14-15H,12-13H2,1-4H3,(H,28,34). The maximum absolute atomic E-state index is 13.3. The number of aromatic nitrogens is 4. The molecule has 0 radical (unpaired) electrons. The number of hydrogen-bond acceptors (Lipinski definition) is 6. The van der Waals surface area contributed by atoms with Crippen LogP contribution in [-0.2, 0) is 12.0 Å². The summed E-state index contributed by atoms with van der Waals surface area (Å²) in [5.74, 6) is 0.380. The molecule has 0 fully saturated rings. The minimum Gasteiger partial charge on any atom is -0.350 e. The van der Waals surface area contributed by atoms with Crippen LogP contribution in [0.1, 0.15) is 58.6 Å². The van der Waals surface area contributed by atoms with E-state index in [2.05, 4.69) is 20.6 Å². The quantitative estimate of drug-likeness (QED) is 0.370. The van der Waals surface area contributed by atoms with Gasteiger partial charge in [-0.3, -0.25) is 14.3 Å². The molecule has 2 aromatic heterocycles. The van der Waals surface area contributed by atoms with Crippen LogP contribution in [-0.4, -0.2) is 38.2 Å². The topological polar surface area (TPSA) is 103 Å². The number of carbonyl (C=O) groups excluding carboxylic acids is 2. The molecule has 0 unspecified atom stereocenters. The molecule has 4 aromatic rings. The lowest BCUT2D eigenvalue weighted by Gasteiger charge is -2.22. The van der Waals surface area contributed by atoms with Crippen molar-refractivity contribution in [1.29, 1.82) is 0 Å². The average molecular weight is 492 g/mol. The van der Waals surface area contributed by atoms with Crippen molar-refractivity contribution in [2.75, 3.05) is 6.54 Å². The van der Waals surface area contributed by atoms with Gasteiger partial charge in [-0.05, 0) is 63.9 Å². The van der Waals surface area contributed by atoms with E-state index >= 15 is 0 Å². The second-order valence-electron chi connectivity index (χ2n) is 9.18. The van der Waals surface area contributed by atoms with Crippen molar-refractivity contribution in [3.05, 3.63) is 88.0 Å². The number of halogens is 1. The molecule has 0 saturated carbocycles. The maximum atomic E-state index is 13.3. The highest BCUT2D eigenvalue weighted by Gasteiger charge is 2.29. The van der Waals surface area contributed by atoms with Crippen LogP contribution in [0.15, 0.2) is 59.3 Å². The molecule has 0 aliphatic heterocycles. The first-order chi connectivity index (χ1) is 16.6. The van der Waals surface area contributed by atoms with Crippen molar-refractivity contribution >= 4 is 23.3 Å². The molecule has 0 aliphatic carbocycles. The van der Waals surface area contributed by atoms with E-state index < -0.39 is 5.54 Å². The molecule has 0 saturated heterocycles. The second-order valence-corrected chi connectivity index (χ2v) is 9.61. The fourth-order valence-electron chi connectivity index (χ4n) is 3.66. The van der Waals surface area contributed by atoms with Gasteiger partial charge in [0.15, 0.2) is 11.6 Å². The first kappa shape index (κ1) is 24.3. The Balaban J connectivity index is 1.49. The highest BCUT2D eigenvalue weighted by atomic mass is 35.5. The number of amides is 1. The summed E-state index contributed by atoms with van der Waals surface area (Å²) in [5.41, 5.74) is 2.23. The minimum absolute atomic E-state index is 0.226. The van der Waals surface area contributed by atoms with E-state index in [1.165, 1.54) is 6.20 Å². The van der Waals surface area contributed by atoms with E-state index in [4.69, 9.17) is 16.1 Å². The summed E-state index contributed by atoms with van der Waals surface area (Å²) < 4.78 is 6.78. The van der Waals surface area contributed by atoms with Crippen LogP contribution in [0.25, 0.3) is 11.5 Å². The SMILES string of the molecule is Cc1noc(-c2ccc(CCNC(=O)c3c(C(=O)c4cccc(Cl)c4)cnn3C(C)(C)C)cc2)n1. The lowest BCUT2D eigenvalue weighted by Crippen LogP contribution is -2.34. The summed E-state index contributed by atoms with van der Waals surface area (Å²) in [6.07, 6.45) is 2.05. The highest BCUT2D eigenvalue weighted by Crippen LogP contribution is 2.23. The van der Waals surface area contributed by atoms with Crippen LogP contribution < -0.4 is 5.32 Å². The summed E-state index contributed by atoms with van der Waals surface area (Å²) >= 11 is 6.06. The lowest BCUT2D eigenvalue weighted by atomic mass is 10.0. The maximum Gasteiger partial charge on any atom is 0.270 e. The Morgan fingerprint density at radius 2 is 1.86 bits per heavy atom. The molecule has 2 aromatic carbocycles. The predicted molar refractivity (Wildman–Crippen MR) is 133 cm³/mol. The normalized spacial score (nSPS) is 11.5. The minimum atomic E-state index is -0.498. The monoisotopic (exact) mass is 491 g/mol. The molecule has 35 heavy (non-hydrogen) atoms. The number of nitrogens with zero attached hydrogens (tertiary/aromatic N) is 4. The van der Waals surface area contributed by atoms with E-state index in [1.54, 1.807) is 35.9 Å². The van der Waals surface area contributed by atoms with Crippen molar-refractivity contribution < 1.29 is 14.1 Å². The van der Waals surface area contributed by atoms with Crippen molar-refractivity contribution in [3.8, 4) is 11.5 Å². The molecule has 0 spiro atoms. The third-order valence-corrected chi connectivity index (χ3v) is 5.61. The van der Waals surface area contributed by atoms with Gasteiger partial charge >= 0.3 is 0 Å². The zero-order chi connectivity index (χ0) is 25.2. The van der Waals surface area contributed by atoms with E-state index in [9.17, 15) is 9.59 Å². The van der Waals surface area contributed by atoms with Crippen molar-refractivity contribution in [2.24, 2.45) is 0 Å². The van der Waals surface area contributed by atoms with Gasteiger partial charge in [-0.2, -0.15) is 10.1 Å². The zero-order valence-electron chi connectivity index (χ0n) is 20.0. The van der Waals surface area contributed by atoms with Gasteiger partial charge in [-0.25, -0.2) is 0 Å². The van der Waals surface area contributed by atoms with Crippen LogP contribution in [0.2, 0.25) is 5.02 Å². The van der Waals surface area contributed by atoms with Gasteiger partial charge in [0.1, 0.15) is 5.69 Å². The third-order valence-electron chi connectivity index (χ3n) is 5.38. The summed E-state index contributed by atoms with van der Waals surface area (Å²) in [6.45, 7) is 7.94. The first-order valence-electron chi connectivity index (χ1n) is 11.2. The summed E-state index contributed by atoms with van der Waals surface area (Å²) in [4.78, 5) is 30.7. The third kappa shape index (κ3) is 5.49. The van der Waals surface area contributed by atoms with Crippen LogP contribution in [0.4, 0.5) is 0 Å². The molecule has 2 heterocycles. The number of carbonyl (C=O) groups is 2. The Labute approximate surface area is 208 Å². The van der Waals surface area contributed by atoms with Crippen molar-refractivity contribution in [3.63, 3.8) is 0 Å². The van der Waals surface area contributed by atoms with Gasteiger partial charge in [0, 0.05) is 22.7 Å². The van der Waals surface area contributed by atoms with Gasteiger partial charge in [0.25, 0.3) is 11.8 Å². The van der Waals surface area contributed by atoms with E-state index in [0.717, 1.165) is 11.1 Å². The molecule has 4 rings (SSSR count). The van der Waals surface area contributed by atoms with Gasteiger partial charge in [-0.15, -0.1) is 0 Å². The smallest absolute Gasteiger partial charge is 0.270 e. The number of rotatable bonds is 7. The summed E-state index contributed by atoms with van der Waals surface area (Å²) in [5, 5.41) is 11.6. The Morgan fingerprint density at radius 1 is 1.11 bits per heavy atom. The fourth-order valence-corrected chi connectivity index (χ4v) is 3.85. The van der Waals surface area contributed by atoms with E-state index in [0.29, 0.717) is 35.3 Å². The van der Waals surface area contributed by atoms with Crippen molar-refractivity contribution in [2.45, 2.75) is 39.7 Å². The van der Waals surface area contributed by atoms with Crippen LogP contribution in [0, 0.1) is 6.92 Å². The number of aryl methyl sites for hydroxylation is 1. The fraction of sp³-hybridized carbons (Fsp3) is 0.269. The Kier molecular flexibility index (Phi) is 6.84. The zero-order valence-corrected chi connectivity index (χ0v) is 20.8. The lowest BCUT2D eigenvalue weighted by molar-refractivity contribution is 0.0925. The number of ketones is 1. The molecule has 1 amide bonds. The number of hydrogen-bond donors (Lipinski definition) is 1. The van der Waals surface area contributed by atoms with E-state index in [1.807, 2.05) is 45.0 Å². The Hall–Kier alpha value is -3.78. The average Bonchev–Trinajstić information content (AvgIpc) is 3.46.